The maximum absolute atomic E-state index is 12.4. The first-order valence-electron chi connectivity index (χ1n) is 6.58. The molecule has 1 aromatic rings. The minimum atomic E-state index is -0.0520. The summed E-state index contributed by atoms with van der Waals surface area (Å²) in [5, 5.41) is 0. The van der Waals surface area contributed by atoms with Crippen LogP contribution in [0.1, 0.15) is 20.7 Å². The van der Waals surface area contributed by atoms with Crippen molar-refractivity contribution in [2.24, 2.45) is 0 Å². The third kappa shape index (κ3) is 1.61. The highest BCUT2D eigenvalue weighted by atomic mass is 16.2. The molecular weight excluding hydrogens is 252 g/mol. The van der Waals surface area contributed by atoms with Gasteiger partial charge in [0.2, 0.25) is 0 Å². The Morgan fingerprint density at radius 1 is 0.900 bits per heavy atom. The molecule has 0 unspecified atom stereocenters. The summed E-state index contributed by atoms with van der Waals surface area (Å²) in [6.07, 6.45) is 7.71. The van der Waals surface area contributed by atoms with Crippen LogP contribution in [0, 0.1) is 0 Å². The first-order chi connectivity index (χ1) is 9.74. The van der Waals surface area contributed by atoms with Gasteiger partial charge in [-0.2, -0.15) is 0 Å². The number of allylic oxidation sites excluding steroid dienone is 4. The van der Waals surface area contributed by atoms with Crippen molar-refractivity contribution in [2.75, 3.05) is 13.1 Å². The van der Waals surface area contributed by atoms with Gasteiger partial charge >= 0.3 is 0 Å². The molecule has 20 heavy (non-hydrogen) atoms. The number of amides is 2. The van der Waals surface area contributed by atoms with Crippen LogP contribution in [-0.4, -0.2) is 34.7 Å². The second-order valence-electron chi connectivity index (χ2n) is 5.03. The van der Waals surface area contributed by atoms with Gasteiger partial charge in [-0.25, -0.2) is 0 Å². The molecule has 4 rings (SSSR count). The molecule has 0 N–H and O–H groups in total. The molecule has 4 heteroatoms. The van der Waals surface area contributed by atoms with Crippen LogP contribution in [-0.2, 0) is 0 Å². The smallest absolute Gasteiger partial charge is 0.262 e. The van der Waals surface area contributed by atoms with Crippen LogP contribution >= 0.6 is 0 Å². The molecule has 1 fully saturated rings. The molecule has 3 aliphatic rings. The Hall–Kier alpha value is -2.62. The van der Waals surface area contributed by atoms with Gasteiger partial charge in [0.05, 0.1) is 11.4 Å². The van der Waals surface area contributed by atoms with Crippen LogP contribution in [0.15, 0.2) is 60.0 Å². The van der Waals surface area contributed by atoms with Crippen LogP contribution < -0.4 is 0 Å². The van der Waals surface area contributed by atoms with Gasteiger partial charge in [0.1, 0.15) is 0 Å². The van der Waals surface area contributed by atoms with Gasteiger partial charge in [-0.15, -0.1) is 0 Å². The molecule has 0 radical (unpaired) electrons. The fourth-order valence-electron chi connectivity index (χ4n) is 2.41. The Labute approximate surface area is 116 Å². The largest absolute Gasteiger partial charge is 0.335 e. The van der Waals surface area contributed by atoms with Crippen molar-refractivity contribution in [2.45, 2.75) is 0 Å². The molecule has 98 valence electrons. The lowest BCUT2D eigenvalue weighted by Gasteiger charge is -2.34. The Morgan fingerprint density at radius 2 is 1.55 bits per heavy atom. The summed E-state index contributed by atoms with van der Waals surface area (Å²) >= 11 is 0. The quantitative estimate of drug-likeness (QED) is 0.766. The molecule has 3 heterocycles. The molecule has 2 amide bonds. The average Bonchev–Trinajstić information content (AvgIpc) is 3.32. The number of carbonyl (C=O) groups is 2. The van der Waals surface area contributed by atoms with Crippen LogP contribution in [0.2, 0.25) is 0 Å². The van der Waals surface area contributed by atoms with E-state index in [2.05, 4.69) is 0 Å². The predicted octanol–water partition coefficient (Wildman–Crippen LogP) is 1.94. The summed E-state index contributed by atoms with van der Waals surface area (Å²) in [6.45, 7) is 1.67. The average molecular weight is 264 g/mol. The first-order valence-corrected chi connectivity index (χ1v) is 6.58. The Morgan fingerprint density at radius 3 is 2.05 bits per heavy atom. The van der Waals surface area contributed by atoms with Crippen molar-refractivity contribution in [3.8, 4) is 0 Å². The molecule has 1 saturated heterocycles. The van der Waals surface area contributed by atoms with Crippen molar-refractivity contribution in [3.63, 3.8) is 0 Å². The van der Waals surface area contributed by atoms with E-state index in [0.29, 0.717) is 11.1 Å². The number of carbonyl (C=O) groups excluding carboxylic acids is 2. The number of hydrogen-bond acceptors (Lipinski definition) is 2. The van der Waals surface area contributed by atoms with Gasteiger partial charge in [0, 0.05) is 24.2 Å². The van der Waals surface area contributed by atoms with Gasteiger partial charge < -0.3 is 4.90 Å². The molecule has 1 aromatic carbocycles. The zero-order valence-electron chi connectivity index (χ0n) is 10.7. The number of rotatable bonds is 2. The Bertz CT molecular complexity index is 695. The molecular formula is C16H12N2O2. The third-order valence-corrected chi connectivity index (χ3v) is 3.66. The fourth-order valence-corrected chi connectivity index (χ4v) is 2.41. The second kappa shape index (κ2) is 3.93. The Balaban J connectivity index is 1.56. The molecule has 4 nitrogen and oxygen atoms in total. The van der Waals surface area contributed by atoms with E-state index in [1.807, 2.05) is 24.3 Å². The Kier molecular flexibility index (Phi) is 2.21. The van der Waals surface area contributed by atoms with Crippen molar-refractivity contribution in [1.29, 1.82) is 0 Å². The summed E-state index contributed by atoms with van der Waals surface area (Å²) in [7, 11) is 0. The zero-order chi connectivity index (χ0) is 13.7. The maximum Gasteiger partial charge on any atom is 0.262 e. The lowest BCUT2D eigenvalue weighted by atomic mass is 10.0. The summed E-state index contributed by atoms with van der Waals surface area (Å²) in [6, 6.07) is 6.89. The molecule has 0 spiro atoms. The molecule has 3 aliphatic heterocycles. The minimum absolute atomic E-state index is 0.0400. The number of fused-ring (bicyclic) bond motifs is 2. The van der Waals surface area contributed by atoms with E-state index in [9.17, 15) is 9.59 Å². The van der Waals surface area contributed by atoms with E-state index in [1.165, 1.54) is 0 Å². The van der Waals surface area contributed by atoms with Crippen molar-refractivity contribution in [1.82, 2.24) is 9.80 Å². The lowest BCUT2D eigenvalue weighted by Crippen LogP contribution is -2.35. The van der Waals surface area contributed by atoms with Gasteiger partial charge in [-0.1, -0.05) is 6.08 Å². The van der Waals surface area contributed by atoms with Crippen LogP contribution in [0.3, 0.4) is 0 Å². The minimum Gasteiger partial charge on any atom is -0.335 e. The second-order valence-corrected chi connectivity index (χ2v) is 5.03. The summed E-state index contributed by atoms with van der Waals surface area (Å²) < 4.78 is 0. The third-order valence-electron chi connectivity index (χ3n) is 3.66. The fraction of sp³-hybridized carbons (Fsp3) is 0.125. The van der Waals surface area contributed by atoms with E-state index in [0.717, 1.165) is 24.5 Å². The maximum atomic E-state index is 12.4. The van der Waals surface area contributed by atoms with Crippen LogP contribution in [0.25, 0.3) is 0 Å². The van der Waals surface area contributed by atoms with Gasteiger partial charge in [-0.3, -0.25) is 14.5 Å². The molecule has 0 aromatic heterocycles. The van der Waals surface area contributed by atoms with Crippen LogP contribution in [0.5, 0.6) is 0 Å². The van der Waals surface area contributed by atoms with E-state index in [-0.39, 0.29) is 11.8 Å². The zero-order valence-corrected chi connectivity index (χ0v) is 10.7. The first kappa shape index (κ1) is 11.2. The molecule has 0 aliphatic carbocycles. The predicted molar refractivity (Wildman–Crippen MR) is 73.8 cm³/mol. The topological polar surface area (TPSA) is 40.4 Å². The van der Waals surface area contributed by atoms with E-state index in [1.54, 1.807) is 34.1 Å². The van der Waals surface area contributed by atoms with E-state index in [4.69, 9.17) is 0 Å². The number of benzene rings is 1. The van der Waals surface area contributed by atoms with E-state index < -0.39 is 0 Å². The van der Waals surface area contributed by atoms with Gasteiger partial charge in [0.15, 0.2) is 0 Å². The van der Waals surface area contributed by atoms with Crippen molar-refractivity contribution < 1.29 is 9.59 Å². The summed E-state index contributed by atoms with van der Waals surface area (Å²) in [5.41, 5.74) is 3.06. The van der Waals surface area contributed by atoms with Crippen molar-refractivity contribution in [3.05, 3.63) is 71.1 Å². The lowest BCUT2D eigenvalue weighted by molar-refractivity contribution is 0.0834. The van der Waals surface area contributed by atoms with Gasteiger partial charge in [-0.05, 0) is 42.5 Å². The standard InChI is InChI=1S/C16H12N2O2/c19-15(17-8-9-17)11-4-6-12(7-5-11)16(20)18-13-2-1-3-14(18)10-13/h1-7,10H,8-9H2. The normalized spacial score (nSPS) is 18.2. The molecule has 0 saturated carbocycles. The molecule has 2 bridgehead atoms. The highest BCUT2D eigenvalue weighted by Crippen LogP contribution is 2.32. The number of hydrogen-bond donors (Lipinski definition) is 0. The summed E-state index contributed by atoms with van der Waals surface area (Å²) in [4.78, 5) is 27.7. The monoisotopic (exact) mass is 264 g/mol. The molecule has 0 atom stereocenters. The van der Waals surface area contributed by atoms with Crippen molar-refractivity contribution >= 4 is 11.8 Å². The summed E-state index contributed by atoms with van der Waals surface area (Å²) in [5.74, 6) is -0.0120. The van der Waals surface area contributed by atoms with E-state index >= 15 is 0 Å². The highest BCUT2D eigenvalue weighted by molar-refractivity contribution is 6.01. The number of nitrogens with zero attached hydrogens (tertiary/aromatic N) is 2. The highest BCUT2D eigenvalue weighted by Gasteiger charge is 2.30. The SMILES string of the molecule is O=C(c1ccc(C(=O)N2c3cccc2c3)cc1)N1CC1. The van der Waals surface area contributed by atoms with Gasteiger partial charge in [0.25, 0.3) is 11.8 Å². The van der Waals surface area contributed by atoms with Crippen LogP contribution in [0.4, 0.5) is 0 Å².